The van der Waals surface area contributed by atoms with E-state index in [2.05, 4.69) is 67.5 Å². The highest BCUT2D eigenvalue weighted by Gasteiger charge is 2.37. The van der Waals surface area contributed by atoms with Gasteiger partial charge in [0.25, 0.3) is 0 Å². The van der Waals surface area contributed by atoms with Gasteiger partial charge in [-0.15, -0.1) is 0 Å². The Kier molecular flexibility index (Phi) is 30.4. The van der Waals surface area contributed by atoms with Crippen molar-refractivity contribution in [2.24, 2.45) is 56.0 Å². The van der Waals surface area contributed by atoms with E-state index in [1.54, 1.807) is 80.7 Å². The van der Waals surface area contributed by atoms with Gasteiger partial charge in [-0.1, -0.05) is 99.1 Å². The molecule has 31 nitrogen and oxygen atoms in total. The van der Waals surface area contributed by atoms with Gasteiger partial charge >= 0.3 is 5.97 Å². The first-order valence-corrected chi connectivity index (χ1v) is 31.1. The molecule has 0 aliphatic rings. The van der Waals surface area contributed by atoms with Crippen LogP contribution < -0.4 is 82.7 Å². The number of primary amides is 1. The minimum atomic E-state index is -1.65. The molecular formula is C63H90N20O11. The molecule has 25 N–H and O–H groups in total. The smallest absolute Gasteiger partial charge is 0.305 e. The van der Waals surface area contributed by atoms with Crippen molar-refractivity contribution >= 4 is 82.0 Å². The molecule has 0 unspecified atom stereocenters. The number of aromatic nitrogens is 3. The zero-order chi connectivity index (χ0) is 68.7. The fourth-order valence-electron chi connectivity index (χ4n) is 10.1. The van der Waals surface area contributed by atoms with Crippen molar-refractivity contribution in [3.8, 4) is 0 Å². The van der Waals surface area contributed by atoms with E-state index >= 15 is 0 Å². The third kappa shape index (κ3) is 25.0. The number of rotatable bonds is 41. The number of unbranched alkanes of at least 4 members (excludes halogenated alkanes) is 1. The number of guanidine groups is 2. The summed E-state index contributed by atoms with van der Waals surface area (Å²) in [6.45, 7) is 3.96. The fourth-order valence-corrected chi connectivity index (χ4v) is 10.1. The Bertz CT molecular complexity index is 3360. The molecule has 5 aromatic rings. The minimum Gasteiger partial charge on any atom is -0.481 e. The van der Waals surface area contributed by atoms with Gasteiger partial charge < -0.3 is 97.7 Å². The third-order valence-corrected chi connectivity index (χ3v) is 15.5. The van der Waals surface area contributed by atoms with Crippen LogP contribution in [0.15, 0.2) is 114 Å². The second kappa shape index (κ2) is 38.4. The Morgan fingerprint density at radius 2 is 0.979 bits per heavy atom. The van der Waals surface area contributed by atoms with Gasteiger partial charge in [-0.05, 0) is 80.2 Å². The summed E-state index contributed by atoms with van der Waals surface area (Å²) in [5.74, 6) is -10.1. The van der Waals surface area contributed by atoms with Crippen LogP contribution in [0.4, 0.5) is 0 Å². The number of para-hydroxylation sites is 1. The lowest BCUT2D eigenvalue weighted by molar-refractivity contribution is -0.140. The summed E-state index contributed by atoms with van der Waals surface area (Å²) < 4.78 is 0. The molecule has 0 saturated heterocycles. The third-order valence-electron chi connectivity index (χ3n) is 15.5. The molecule has 5 rings (SSSR count). The first-order chi connectivity index (χ1) is 45.0. The average Bonchev–Trinajstić information content (AvgIpc) is 1.57. The van der Waals surface area contributed by atoms with Crippen LogP contribution in [0.25, 0.3) is 10.9 Å². The molecule has 0 saturated carbocycles. The molecule has 0 bridgehead atoms. The molecule has 9 amide bonds. The Labute approximate surface area is 543 Å². The summed E-state index contributed by atoms with van der Waals surface area (Å²) in [5, 5.41) is 31.9. The number of hydrogen-bond acceptors (Lipinski definition) is 15. The number of nitrogens with one attached hydrogen (secondary N) is 10. The van der Waals surface area contributed by atoms with Crippen molar-refractivity contribution in [3.05, 3.63) is 126 Å². The summed E-state index contributed by atoms with van der Waals surface area (Å²) >= 11 is 0. The molecular weight excluding hydrogens is 1210 g/mol. The van der Waals surface area contributed by atoms with Crippen molar-refractivity contribution < 1.29 is 53.1 Å². The van der Waals surface area contributed by atoms with E-state index in [9.17, 15) is 53.1 Å². The topological polar surface area (TPSA) is 538 Å². The predicted molar refractivity (Wildman–Crippen MR) is 352 cm³/mol. The van der Waals surface area contributed by atoms with Gasteiger partial charge in [0.15, 0.2) is 11.9 Å². The molecule has 2 aromatic heterocycles. The zero-order valence-corrected chi connectivity index (χ0v) is 52.8. The maximum Gasteiger partial charge on any atom is 0.305 e. The van der Waals surface area contributed by atoms with E-state index in [1.165, 1.54) is 12.5 Å². The fraction of sp³-hybridized carbons (Fsp3) is 0.444. The van der Waals surface area contributed by atoms with E-state index in [-0.39, 0.29) is 82.9 Å². The van der Waals surface area contributed by atoms with Crippen LogP contribution in [0.1, 0.15) is 94.0 Å². The molecule has 94 heavy (non-hydrogen) atoms. The lowest BCUT2D eigenvalue weighted by Gasteiger charge is -2.30. The Morgan fingerprint density at radius 1 is 0.521 bits per heavy atom. The molecule has 0 fully saturated rings. The maximum atomic E-state index is 15.0. The molecule has 0 spiro atoms. The summed E-state index contributed by atoms with van der Waals surface area (Å²) in [6.07, 6.45) is 4.69. The largest absolute Gasteiger partial charge is 0.481 e. The lowest BCUT2D eigenvalue weighted by Crippen LogP contribution is -2.62. The van der Waals surface area contributed by atoms with Crippen LogP contribution in [-0.2, 0) is 73.6 Å². The monoisotopic (exact) mass is 1300 g/mol. The van der Waals surface area contributed by atoms with Gasteiger partial charge in [-0.3, -0.25) is 57.9 Å². The maximum absolute atomic E-state index is 15.0. The number of nitrogens with two attached hydrogens (primary N) is 7. The highest BCUT2D eigenvalue weighted by atomic mass is 16.4. The van der Waals surface area contributed by atoms with Gasteiger partial charge in [0, 0.05) is 67.8 Å². The number of imidazole rings is 1. The SMILES string of the molecule is CC[C@H](C)[C@H](NC(=O)[C@@H](Cc1ccccc1)NC(=O)[C@@H](Cc1c[nH]c2ccccc12)NC(=O)[C@@H](N)CCCN=C(N)N)C(=O)N[C@H](Cc1ccccc1)C(=O)N[C@@H](Cc1cnc[nH]1)C(=O)N[C@@H](CCCCN)C(=O)N[C@@H](CCCN=C(N)N)C(=O)N[C@@H](CC(=O)O)C(N)=O. The summed E-state index contributed by atoms with van der Waals surface area (Å²) in [7, 11) is 0. The van der Waals surface area contributed by atoms with Crippen molar-refractivity contribution in [2.45, 2.75) is 152 Å². The van der Waals surface area contributed by atoms with Gasteiger partial charge in [0.1, 0.15) is 48.3 Å². The summed E-state index contributed by atoms with van der Waals surface area (Å²) in [6, 6.07) is 12.4. The number of nitrogens with zero attached hydrogens (tertiary/aromatic N) is 3. The second-order valence-electron chi connectivity index (χ2n) is 22.8. The number of carbonyl (C=O) groups is 10. The molecule has 0 aliphatic carbocycles. The van der Waals surface area contributed by atoms with Gasteiger partial charge in [-0.2, -0.15) is 0 Å². The number of carboxylic acids is 1. The average molecular weight is 1300 g/mol. The first kappa shape index (κ1) is 74.3. The molecule has 0 aliphatic heterocycles. The van der Waals surface area contributed by atoms with Gasteiger partial charge in [0.05, 0.1) is 18.8 Å². The number of carbonyl (C=O) groups excluding carboxylic acids is 9. The van der Waals surface area contributed by atoms with Crippen LogP contribution in [0.2, 0.25) is 0 Å². The Morgan fingerprint density at radius 3 is 1.49 bits per heavy atom. The highest BCUT2D eigenvalue weighted by molar-refractivity contribution is 5.99. The molecule has 0 radical (unpaired) electrons. The lowest BCUT2D eigenvalue weighted by atomic mass is 9.96. The Hall–Kier alpha value is -10.4. The molecule has 508 valence electrons. The summed E-state index contributed by atoms with van der Waals surface area (Å²) in [4.78, 5) is 158. The van der Waals surface area contributed by atoms with E-state index in [0.717, 1.165) is 10.9 Å². The van der Waals surface area contributed by atoms with E-state index in [1.807, 2.05) is 24.3 Å². The number of aromatic amines is 2. The number of fused-ring (bicyclic) bond motifs is 1. The van der Waals surface area contributed by atoms with E-state index in [4.69, 9.17) is 40.1 Å². The van der Waals surface area contributed by atoms with Crippen LogP contribution in [-0.4, -0.2) is 165 Å². The standard InChI is InChI=1S/C63H90N20O11/c1-3-36(2)52(83-60(93)48(29-38-18-8-5-9-19-38)80-58(91)49(30-39-33-74-43-22-11-10-20-41(39)43)79-54(87)42(65)21-14-26-72-62(67)68)61(94)82-47(28-37-16-6-4-7-17-37)57(90)81-50(31-40-34-71-35-75-40)59(92)77-44(23-12-13-25-64)55(88)76-45(24-15-27-73-63(69)70)56(89)78-46(53(66)86)32-51(84)85/h4-11,16-20,22,33-36,42,44-50,52,74H,3,12-15,21,23-32,64-65H2,1-2H3,(H2,66,86)(H,71,75)(H,76,88)(H,77,92)(H,78,89)(H,79,87)(H,80,91)(H,81,90)(H,82,94)(H,83,93)(H,84,85)(H4,67,68,72)(H4,69,70,73)/t36-,42-,44-,45-,46-,47+,48+,49+,50-,52-/m0/s1. The number of benzene rings is 3. The van der Waals surface area contributed by atoms with E-state index in [0.29, 0.717) is 48.1 Å². The van der Waals surface area contributed by atoms with Crippen molar-refractivity contribution in [1.82, 2.24) is 57.5 Å². The summed E-state index contributed by atoms with van der Waals surface area (Å²) in [5.41, 5.74) is 42.5. The Balaban J connectivity index is 1.44. The van der Waals surface area contributed by atoms with Crippen molar-refractivity contribution in [1.29, 1.82) is 0 Å². The number of hydrogen-bond donors (Lipinski definition) is 18. The normalized spacial score (nSPS) is 14.3. The quantitative estimate of drug-likeness (QED) is 0.0110. The number of amides is 9. The molecule has 31 heteroatoms. The van der Waals surface area contributed by atoms with Gasteiger partial charge in [-0.25, -0.2) is 4.98 Å². The number of carboxylic acid groups (broad SMARTS) is 1. The van der Waals surface area contributed by atoms with E-state index < -0.39 is 126 Å². The zero-order valence-electron chi connectivity index (χ0n) is 52.8. The number of aliphatic carboxylic acids is 1. The predicted octanol–water partition coefficient (Wildman–Crippen LogP) is -2.39. The van der Waals surface area contributed by atoms with Crippen LogP contribution in [0, 0.1) is 5.92 Å². The minimum absolute atomic E-state index is 0.0101. The van der Waals surface area contributed by atoms with Crippen molar-refractivity contribution in [2.75, 3.05) is 19.6 Å². The van der Waals surface area contributed by atoms with Gasteiger partial charge in [0.2, 0.25) is 53.2 Å². The second-order valence-corrected chi connectivity index (χ2v) is 22.8. The van der Waals surface area contributed by atoms with Crippen LogP contribution in [0.5, 0.6) is 0 Å². The van der Waals surface area contributed by atoms with Crippen molar-refractivity contribution in [3.63, 3.8) is 0 Å². The van der Waals surface area contributed by atoms with Crippen LogP contribution in [0.3, 0.4) is 0 Å². The number of aliphatic imine (C=N–C) groups is 2. The molecule has 10 atom stereocenters. The highest BCUT2D eigenvalue weighted by Crippen LogP contribution is 2.20. The molecule has 3 aromatic carbocycles. The number of H-pyrrole nitrogens is 2. The first-order valence-electron chi connectivity index (χ1n) is 31.1. The molecule has 2 heterocycles. The van der Waals surface area contributed by atoms with Crippen LogP contribution >= 0.6 is 0 Å².